The molecule has 1 aliphatic heterocycles. The maximum absolute atomic E-state index is 13.8. The van der Waals surface area contributed by atoms with E-state index in [1.807, 2.05) is 0 Å². The van der Waals surface area contributed by atoms with Gasteiger partial charge in [-0.25, -0.2) is 4.39 Å². The summed E-state index contributed by atoms with van der Waals surface area (Å²) in [7, 11) is 1.40. The Balaban J connectivity index is 1.99. The normalized spacial score (nSPS) is 14.6. The molecule has 1 unspecified atom stereocenters. The van der Waals surface area contributed by atoms with Crippen LogP contribution < -0.4 is 14.2 Å². The maximum Gasteiger partial charge on any atom is 0.167 e. The highest BCUT2D eigenvalue weighted by Gasteiger charge is 2.22. The third-order valence-electron chi connectivity index (χ3n) is 3.38. The molecule has 0 spiro atoms. The molecule has 0 bridgehead atoms. The van der Waals surface area contributed by atoms with Crippen LogP contribution in [0.3, 0.4) is 0 Å². The van der Waals surface area contributed by atoms with Gasteiger partial charge in [-0.2, -0.15) is 0 Å². The van der Waals surface area contributed by atoms with Crippen molar-refractivity contribution in [3.63, 3.8) is 0 Å². The van der Waals surface area contributed by atoms with Crippen molar-refractivity contribution in [2.24, 2.45) is 0 Å². The number of aliphatic hydroxyl groups is 1. The first-order valence-corrected chi connectivity index (χ1v) is 6.60. The molecule has 2 aromatic carbocycles. The Hall–Kier alpha value is -2.27. The summed E-state index contributed by atoms with van der Waals surface area (Å²) >= 11 is 0. The fourth-order valence-electron chi connectivity index (χ4n) is 2.34. The molecule has 1 N–H and O–H groups in total. The second-order valence-electron chi connectivity index (χ2n) is 4.67. The number of benzene rings is 2. The largest absolute Gasteiger partial charge is 0.494 e. The molecule has 0 saturated carbocycles. The molecule has 2 aromatic rings. The highest BCUT2D eigenvalue weighted by Crippen LogP contribution is 2.39. The predicted octanol–water partition coefficient (Wildman–Crippen LogP) is 2.69. The van der Waals surface area contributed by atoms with Crippen LogP contribution in [-0.2, 0) is 0 Å². The van der Waals surface area contributed by atoms with Gasteiger partial charge in [-0.1, -0.05) is 18.2 Å². The number of hydrogen-bond acceptors (Lipinski definition) is 4. The smallest absolute Gasteiger partial charge is 0.167 e. The number of rotatable bonds is 3. The molecule has 0 saturated heterocycles. The monoisotopic (exact) mass is 290 g/mol. The summed E-state index contributed by atoms with van der Waals surface area (Å²) in [4.78, 5) is 0. The molecule has 1 atom stereocenters. The fraction of sp³-hybridized carbons (Fsp3) is 0.250. The lowest BCUT2D eigenvalue weighted by Crippen LogP contribution is -2.17. The van der Waals surface area contributed by atoms with Crippen LogP contribution in [0.1, 0.15) is 17.2 Å². The van der Waals surface area contributed by atoms with Gasteiger partial charge in [-0.05, 0) is 23.8 Å². The van der Waals surface area contributed by atoms with Crippen LogP contribution in [0.2, 0.25) is 0 Å². The van der Waals surface area contributed by atoms with E-state index in [9.17, 15) is 9.50 Å². The third kappa shape index (κ3) is 2.52. The number of methoxy groups -OCH3 is 1. The zero-order valence-electron chi connectivity index (χ0n) is 11.5. The molecule has 0 radical (unpaired) electrons. The lowest BCUT2D eigenvalue weighted by Gasteiger charge is -2.23. The van der Waals surface area contributed by atoms with Crippen molar-refractivity contribution in [1.82, 2.24) is 0 Å². The molecule has 110 valence electrons. The molecule has 5 heteroatoms. The van der Waals surface area contributed by atoms with E-state index >= 15 is 0 Å². The summed E-state index contributed by atoms with van der Waals surface area (Å²) < 4.78 is 29.7. The third-order valence-corrected chi connectivity index (χ3v) is 3.38. The summed E-state index contributed by atoms with van der Waals surface area (Å²) in [6, 6.07) is 9.65. The number of hydrogen-bond donors (Lipinski definition) is 1. The number of aliphatic hydroxyl groups excluding tert-OH is 1. The van der Waals surface area contributed by atoms with Crippen molar-refractivity contribution < 1.29 is 23.7 Å². The first-order valence-electron chi connectivity index (χ1n) is 6.60. The average Bonchev–Trinajstić information content (AvgIpc) is 2.53. The van der Waals surface area contributed by atoms with E-state index in [1.165, 1.54) is 19.2 Å². The Morgan fingerprint density at radius 2 is 2.00 bits per heavy atom. The first kappa shape index (κ1) is 13.7. The highest BCUT2D eigenvalue weighted by atomic mass is 19.1. The lowest BCUT2D eigenvalue weighted by molar-refractivity contribution is 0.158. The summed E-state index contributed by atoms with van der Waals surface area (Å²) in [5.41, 5.74) is 0.979. The molecule has 0 aromatic heterocycles. The van der Waals surface area contributed by atoms with Crippen LogP contribution >= 0.6 is 0 Å². The van der Waals surface area contributed by atoms with Gasteiger partial charge in [0, 0.05) is 5.56 Å². The molecular weight excluding hydrogens is 275 g/mol. The predicted molar refractivity (Wildman–Crippen MR) is 74.4 cm³/mol. The van der Waals surface area contributed by atoms with Crippen molar-refractivity contribution in [2.45, 2.75) is 6.10 Å². The standard InChI is InChI=1S/C16H15FO4/c1-19-13-6-5-10(9-12(13)17)15(18)11-3-2-4-14-16(11)21-8-7-20-14/h2-6,9,15,18H,7-8H2,1H3. The highest BCUT2D eigenvalue weighted by molar-refractivity contribution is 5.51. The maximum atomic E-state index is 13.8. The molecule has 0 amide bonds. The van der Waals surface area contributed by atoms with Crippen LogP contribution in [0, 0.1) is 5.82 Å². The van der Waals surface area contributed by atoms with Crippen molar-refractivity contribution in [3.8, 4) is 17.2 Å². The topological polar surface area (TPSA) is 47.9 Å². The van der Waals surface area contributed by atoms with Crippen molar-refractivity contribution in [2.75, 3.05) is 20.3 Å². The Morgan fingerprint density at radius 3 is 2.76 bits per heavy atom. The number of ether oxygens (including phenoxy) is 3. The average molecular weight is 290 g/mol. The molecule has 0 aliphatic carbocycles. The Morgan fingerprint density at radius 1 is 1.19 bits per heavy atom. The molecule has 1 heterocycles. The summed E-state index contributed by atoms with van der Waals surface area (Å²) in [6.45, 7) is 0.900. The van der Waals surface area contributed by atoms with E-state index in [0.717, 1.165) is 0 Å². The van der Waals surface area contributed by atoms with Crippen LogP contribution in [0.5, 0.6) is 17.2 Å². The quantitative estimate of drug-likeness (QED) is 0.944. The van der Waals surface area contributed by atoms with Crippen molar-refractivity contribution >= 4 is 0 Å². The van der Waals surface area contributed by atoms with Crippen LogP contribution in [0.4, 0.5) is 4.39 Å². The molecule has 0 fully saturated rings. The van der Waals surface area contributed by atoms with E-state index in [0.29, 0.717) is 35.8 Å². The second kappa shape index (κ2) is 5.61. The Bertz CT molecular complexity index is 657. The van der Waals surface area contributed by atoms with Crippen LogP contribution in [0.15, 0.2) is 36.4 Å². The Kier molecular flexibility index (Phi) is 3.66. The lowest BCUT2D eigenvalue weighted by atomic mass is 9.99. The summed E-state index contributed by atoms with van der Waals surface area (Å²) in [5.74, 6) is 0.718. The zero-order valence-corrected chi connectivity index (χ0v) is 11.5. The first-order chi connectivity index (χ1) is 10.2. The molecular formula is C16H15FO4. The van der Waals surface area contributed by atoms with Crippen LogP contribution in [0.25, 0.3) is 0 Å². The zero-order chi connectivity index (χ0) is 14.8. The van der Waals surface area contributed by atoms with E-state index in [-0.39, 0.29) is 5.75 Å². The minimum absolute atomic E-state index is 0.139. The molecule has 1 aliphatic rings. The Labute approximate surface area is 121 Å². The van der Waals surface area contributed by atoms with Crippen molar-refractivity contribution in [1.29, 1.82) is 0 Å². The van der Waals surface area contributed by atoms with Gasteiger partial charge in [-0.3, -0.25) is 0 Å². The number of fused-ring (bicyclic) bond motifs is 1. The van der Waals surface area contributed by atoms with E-state index < -0.39 is 11.9 Å². The van der Waals surface area contributed by atoms with Gasteiger partial charge in [0.2, 0.25) is 0 Å². The van der Waals surface area contributed by atoms with E-state index in [1.54, 1.807) is 24.3 Å². The van der Waals surface area contributed by atoms with Gasteiger partial charge in [-0.15, -0.1) is 0 Å². The van der Waals surface area contributed by atoms with Gasteiger partial charge in [0.1, 0.15) is 19.3 Å². The van der Waals surface area contributed by atoms with Gasteiger partial charge in [0.25, 0.3) is 0 Å². The molecule has 21 heavy (non-hydrogen) atoms. The second-order valence-corrected chi connectivity index (χ2v) is 4.67. The summed E-state index contributed by atoms with van der Waals surface area (Å²) in [5, 5.41) is 10.5. The minimum Gasteiger partial charge on any atom is -0.494 e. The molecule has 3 rings (SSSR count). The van der Waals surface area contributed by atoms with Crippen molar-refractivity contribution in [3.05, 3.63) is 53.3 Å². The van der Waals surface area contributed by atoms with Gasteiger partial charge in [0.05, 0.1) is 7.11 Å². The van der Waals surface area contributed by atoms with Gasteiger partial charge < -0.3 is 19.3 Å². The van der Waals surface area contributed by atoms with E-state index in [2.05, 4.69) is 0 Å². The minimum atomic E-state index is -0.998. The van der Waals surface area contributed by atoms with Gasteiger partial charge in [0.15, 0.2) is 23.1 Å². The molecule has 4 nitrogen and oxygen atoms in total. The SMILES string of the molecule is COc1ccc(C(O)c2cccc3c2OCCO3)cc1F. The van der Waals surface area contributed by atoms with Crippen LogP contribution in [-0.4, -0.2) is 25.4 Å². The van der Waals surface area contributed by atoms with E-state index in [4.69, 9.17) is 14.2 Å². The number of para-hydroxylation sites is 1. The van der Waals surface area contributed by atoms with Gasteiger partial charge >= 0.3 is 0 Å². The number of halogens is 1. The fourth-order valence-corrected chi connectivity index (χ4v) is 2.34. The summed E-state index contributed by atoms with van der Waals surface area (Å²) in [6.07, 6.45) is -0.998.